The molecule has 0 fully saturated rings. The van der Waals surface area contributed by atoms with Crippen LogP contribution in [-0.4, -0.2) is 11.1 Å². The van der Waals surface area contributed by atoms with Gasteiger partial charge >= 0.3 is 5.97 Å². The Labute approximate surface area is 84.1 Å². The number of halogens is 2. The molecule has 0 spiro atoms. The normalized spacial score (nSPS) is 8.75. The summed E-state index contributed by atoms with van der Waals surface area (Å²) in [5.41, 5.74) is 5.80. The van der Waals surface area contributed by atoms with Gasteiger partial charge in [0.2, 0.25) is 0 Å². The van der Waals surface area contributed by atoms with Crippen LogP contribution < -0.4 is 5.73 Å². The van der Waals surface area contributed by atoms with Crippen molar-refractivity contribution in [1.82, 2.24) is 0 Å². The third-order valence-corrected chi connectivity index (χ3v) is 1.92. The number of hydrogen-bond donors (Lipinski definition) is 2. The second-order valence-electron chi connectivity index (χ2n) is 2.01. The minimum atomic E-state index is -1.02. The highest BCUT2D eigenvalue weighted by Gasteiger charge is 2.10. The SMILES string of the molecule is Cl.Nc1cccc(Br)c1C(=O)O. The number of anilines is 1. The Morgan fingerprint density at radius 1 is 1.50 bits per heavy atom. The van der Waals surface area contributed by atoms with Crippen LogP contribution in [0, 0.1) is 0 Å². The summed E-state index contributed by atoms with van der Waals surface area (Å²) in [5, 5.41) is 8.64. The summed E-state index contributed by atoms with van der Waals surface area (Å²) in [6.07, 6.45) is 0. The van der Waals surface area contributed by atoms with E-state index in [1.807, 2.05) is 0 Å². The van der Waals surface area contributed by atoms with Gasteiger partial charge in [-0.3, -0.25) is 0 Å². The van der Waals surface area contributed by atoms with Gasteiger partial charge in [-0.25, -0.2) is 4.79 Å². The van der Waals surface area contributed by atoms with Gasteiger partial charge in [0.1, 0.15) is 0 Å². The predicted molar refractivity (Wildman–Crippen MR) is 52.8 cm³/mol. The van der Waals surface area contributed by atoms with E-state index in [4.69, 9.17) is 10.8 Å². The number of benzene rings is 1. The first-order valence-electron chi connectivity index (χ1n) is 2.90. The Bertz CT molecular complexity index is 283. The van der Waals surface area contributed by atoms with Crippen LogP contribution in [0.15, 0.2) is 22.7 Å². The van der Waals surface area contributed by atoms with Gasteiger partial charge in [-0.2, -0.15) is 0 Å². The van der Waals surface area contributed by atoms with Gasteiger partial charge in [0.15, 0.2) is 0 Å². The molecule has 0 bridgehead atoms. The first-order chi connectivity index (χ1) is 5.13. The molecule has 0 aliphatic rings. The highest BCUT2D eigenvalue weighted by molar-refractivity contribution is 9.10. The van der Waals surface area contributed by atoms with Crippen LogP contribution in [-0.2, 0) is 0 Å². The van der Waals surface area contributed by atoms with E-state index < -0.39 is 5.97 Å². The number of hydrogen-bond acceptors (Lipinski definition) is 2. The molecule has 3 nitrogen and oxygen atoms in total. The summed E-state index contributed by atoms with van der Waals surface area (Å²) in [6, 6.07) is 4.87. The molecule has 0 radical (unpaired) electrons. The number of carboxylic acids is 1. The van der Waals surface area contributed by atoms with E-state index in [0.29, 0.717) is 4.47 Å². The summed E-state index contributed by atoms with van der Waals surface area (Å²) in [6.45, 7) is 0. The second kappa shape index (κ2) is 4.33. The van der Waals surface area contributed by atoms with Gasteiger partial charge in [-0.1, -0.05) is 6.07 Å². The molecule has 3 N–H and O–H groups in total. The standard InChI is InChI=1S/C7H6BrNO2.ClH/c8-4-2-1-3-5(9)6(4)7(10)11;/h1-3H,9H2,(H,10,11);1H. The fourth-order valence-electron chi connectivity index (χ4n) is 0.766. The molecular weight excluding hydrogens is 245 g/mol. The average Bonchev–Trinajstić information content (AvgIpc) is 1.85. The Morgan fingerprint density at radius 3 is 2.42 bits per heavy atom. The summed E-state index contributed by atoms with van der Waals surface area (Å²) >= 11 is 3.09. The van der Waals surface area contributed by atoms with Gasteiger partial charge in [0.05, 0.1) is 5.56 Å². The third kappa shape index (κ3) is 2.12. The fourth-order valence-corrected chi connectivity index (χ4v) is 1.32. The van der Waals surface area contributed by atoms with E-state index in [0.717, 1.165) is 0 Å². The molecule has 12 heavy (non-hydrogen) atoms. The summed E-state index contributed by atoms with van der Waals surface area (Å²) in [4.78, 5) is 10.5. The highest BCUT2D eigenvalue weighted by atomic mass is 79.9. The topological polar surface area (TPSA) is 63.3 Å². The quantitative estimate of drug-likeness (QED) is 0.753. The van der Waals surface area contributed by atoms with Crippen molar-refractivity contribution in [2.45, 2.75) is 0 Å². The lowest BCUT2D eigenvalue weighted by atomic mass is 10.2. The monoisotopic (exact) mass is 251 g/mol. The average molecular weight is 252 g/mol. The second-order valence-corrected chi connectivity index (χ2v) is 2.86. The van der Waals surface area contributed by atoms with Gasteiger partial charge in [0.25, 0.3) is 0 Å². The van der Waals surface area contributed by atoms with Crippen molar-refractivity contribution in [3.63, 3.8) is 0 Å². The lowest BCUT2D eigenvalue weighted by Gasteiger charge is -2.01. The minimum Gasteiger partial charge on any atom is -0.478 e. The molecule has 1 aromatic carbocycles. The van der Waals surface area contributed by atoms with Crippen molar-refractivity contribution in [2.24, 2.45) is 0 Å². The van der Waals surface area contributed by atoms with Crippen LogP contribution in [0.2, 0.25) is 0 Å². The summed E-state index contributed by atoms with van der Waals surface area (Å²) in [7, 11) is 0. The number of nitrogen functional groups attached to an aromatic ring is 1. The van der Waals surface area contributed by atoms with E-state index in [9.17, 15) is 4.79 Å². The Morgan fingerprint density at radius 2 is 2.08 bits per heavy atom. The molecule has 0 aliphatic carbocycles. The first-order valence-corrected chi connectivity index (χ1v) is 3.69. The Balaban J connectivity index is 0.00000121. The van der Waals surface area contributed by atoms with Crippen LogP contribution in [0.3, 0.4) is 0 Å². The molecule has 0 aliphatic heterocycles. The van der Waals surface area contributed by atoms with E-state index in [1.54, 1.807) is 18.2 Å². The van der Waals surface area contributed by atoms with Gasteiger partial charge in [0, 0.05) is 10.2 Å². The first kappa shape index (κ1) is 11.3. The zero-order valence-corrected chi connectivity index (χ0v) is 8.35. The van der Waals surface area contributed by atoms with Gasteiger partial charge in [-0.05, 0) is 28.1 Å². The van der Waals surface area contributed by atoms with Crippen molar-refractivity contribution in [1.29, 1.82) is 0 Å². The number of aromatic carboxylic acids is 1. The molecule has 0 saturated carbocycles. The van der Waals surface area contributed by atoms with Crippen LogP contribution in [0.4, 0.5) is 5.69 Å². The van der Waals surface area contributed by atoms with E-state index in [2.05, 4.69) is 15.9 Å². The van der Waals surface area contributed by atoms with Crippen molar-refractivity contribution < 1.29 is 9.90 Å². The third-order valence-electron chi connectivity index (χ3n) is 1.26. The molecule has 5 heteroatoms. The molecule has 0 saturated heterocycles. The predicted octanol–water partition coefficient (Wildman–Crippen LogP) is 2.15. The molecule has 0 aromatic heterocycles. The maximum absolute atomic E-state index is 10.5. The van der Waals surface area contributed by atoms with Crippen LogP contribution in [0.5, 0.6) is 0 Å². The number of carbonyl (C=O) groups is 1. The molecule has 0 amide bonds. The summed E-state index contributed by atoms with van der Waals surface area (Å²) < 4.78 is 0.505. The van der Waals surface area contributed by atoms with E-state index >= 15 is 0 Å². The van der Waals surface area contributed by atoms with Crippen molar-refractivity contribution in [2.75, 3.05) is 5.73 Å². The fraction of sp³-hybridized carbons (Fsp3) is 0. The van der Waals surface area contributed by atoms with Crippen molar-refractivity contribution >= 4 is 40.0 Å². The molecule has 1 rings (SSSR count). The van der Waals surface area contributed by atoms with Gasteiger partial charge in [-0.15, -0.1) is 12.4 Å². The maximum Gasteiger partial charge on any atom is 0.338 e. The number of nitrogens with two attached hydrogens (primary N) is 1. The Hall–Kier alpha value is -0.740. The largest absolute Gasteiger partial charge is 0.478 e. The van der Waals surface area contributed by atoms with Crippen molar-refractivity contribution in [3.05, 3.63) is 28.2 Å². The summed E-state index contributed by atoms with van der Waals surface area (Å²) in [5.74, 6) is -1.02. The zero-order valence-electron chi connectivity index (χ0n) is 5.95. The highest BCUT2D eigenvalue weighted by Crippen LogP contribution is 2.21. The van der Waals surface area contributed by atoms with Crippen LogP contribution in [0.25, 0.3) is 0 Å². The smallest absolute Gasteiger partial charge is 0.338 e. The molecular formula is C7H7BrClNO2. The zero-order chi connectivity index (χ0) is 8.43. The maximum atomic E-state index is 10.5. The molecule has 1 aromatic rings. The molecule has 0 unspecified atom stereocenters. The van der Waals surface area contributed by atoms with Crippen LogP contribution >= 0.6 is 28.3 Å². The molecule has 0 heterocycles. The number of carboxylic acid groups (broad SMARTS) is 1. The van der Waals surface area contributed by atoms with Gasteiger partial charge < -0.3 is 10.8 Å². The molecule has 0 atom stereocenters. The van der Waals surface area contributed by atoms with E-state index in [1.165, 1.54) is 0 Å². The lowest BCUT2D eigenvalue weighted by molar-refractivity contribution is 0.0697. The molecule has 66 valence electrons. The van der Waals surface area contributed by atoms with Crippen LogP contribution in [0.1, 0.15) is 10.4 Å². The Kier molecular flexibility index (Phi) is 4.06. The van der Waals surface area contributed by atoms with Crippen molar-refractivity contribution in [3.8, 4) is 0 Å². The number of rotatable bonds is 1. The minimum absolute atomic E-state index is 0. The van der Waals surface area contributed by atoms with E-state index in [-0.39, 0.29) is 23.7 Å². The lowest BCUT2D eigenvalue weighted by Crippen LogP contribution is -2.02.